The lowest BCUT2D eigenvalue weighted by molar-refractivity contribution is 0.0580. The zero-order valence-electron chi connectivity index (χ0n) is 9.68. The van der Waals surface area contributed by atoms with Crippen molar-refractivity contribution in [2.45, 2.75) is 18.9 Å². The first-order valence-electron chi connectivity index (χ1n) is 5.74. The van der Waals surface area contributed by atoms with Crippen molar-refractivity contribution in [1.29, 1.82) is 0 Å². The minimum absolute atomic E-state index is 0.570. The summed E-state index contributed by atoms with van der Waals surface area (Å²) in [5.74, 6) is 1.57. The number of hydrogen-bond acceptors (Lipinski definition) is 2. The standard InChI is InChI=1S/C15H14O2/c1-15(16)10-11-6-2-4-8-13(11)17-14-9-5-3-7-12(14)15/h2-9,16H,10H2,1H3. The molecule has 17 heavy (non-hydrogen) atoms. The third-order valence-electron chi connectivity index (χ3n) is 3.19. The van der Waals surface area contributed by atoms with Gasteiger partial charge in [-0.05, 0) is 24.6 Å². The first kappa shape index (κ1) is 10.4. The maximum atomic E-state index is 10.6. The van der Waals surface area contributed by atoms with Gasteiger partial charge in [-0.15, -0.1) is 0 Å². The average molecular weight is 226 g/mol. The van der Waals surface area contributed by atoms with E-state index in [9.17, 15) is 5.11 Å². The van der Waals surface area contributed by atoms with Gasteiger partial charge in [0, 0.05) is 12.0 Å². The minimum Gasteiger partial charge on any atom is -0.457 e. The molecule has 0 fully saturated rings. The first-order valence-corrected chi connectivity index (χ1v) is 5.74. The van der Waals surface area contributed by atoms with Gasteiger partial charge in [0.15, 0.2) is 0 Å². The van der Waals surface area contributed by atoms with Crippen molar-refractivity contribution in [1.82, 2.24) is 0 Å². The van der Waals surface area contributed by atoms with Gasteiger partial charge < -0.3 is 9.84 Å². The van der Waals surface area contributed by atoms with Crippen LogP contribution in [-0.2, 0) is 12.0 Å². The third kappa shape index (κ3) is 1.71. The molecule has 0 amide bonds. The number of aliphatic hydroxyl groups is 1. The molecule has 1 N–H and O–H groups in total. The highest BCUT2D eigenvalue weighted by molar-refractivity contribution is 5.47. The monoisotopic (exact) mass is 226 g/mol. The zero-order valence-corrected chi connectivity index (χ0v) is 9.68. The summed E-state index contributed by atoms with van der Waals surface area (Å²) in [6.07, 6.45) is 0.570. The van der Waals surface area contributed by atoms with E-state index in [0.29, 0.717) is 6.42 Å². The van der Waals surface area contributed by atoms with Gasteiger partial charge in [0.1, 0.15) is 11.5 Å². The Hall–Kier alpha value is -1.80. The molecule has 3 rings (SSSR count). The van der Waals surface area contributed by atoms with Crippen LogP contribution in [-0.4, -0.2) is 5.11 Å². The normalized spacial score (nSPS) is 22.0. The maximum Gasteiger partial charge on any atom is 0.133 e. The number of ether oxygens (including phenoxy) is 1. The maximum absolute atomic E-state index is 10.6. The SMILES string of the molecule is CC1(O)Cc2ccccc2Oc2ccccc21. The van der Waals surface area contributed by atoms with E-state index >= 15 is 0 Å². The van der Waals surface area contributed by atoms with Crippen molar-refractivity contribution < 1.29 is 9.84 Å². The second-order valence-electron chi connectivity index (χ2n) is 4.66. The van der Waals surface area contributed by atoms with Crippen molar-refractivity contribution >= 4 is 0 Å². The number of hydrogen-bond donors (Lipinski definition) is 1. The lowest BCUT2D eigenvalue weighted by atomic mass is 9.89. The predicted molar refractivity (Wildman–Crippen MR) is 66.2 cm³/mol. The summed E-state index contributed by atoms with van der Waals surface area (Å²) in [4.78, 5) is 0. The highest BCUT2D eigenvalue weighted by Crippen LogP contribution is 2.40. The Kier molecular flexibility index (Phi) is 2.20. The van der Waals surface area contributed by atoms with Crippen LogP contribution in [0.2, 0.25) is 0 Å². The number of para-hydroxylation sites is 2. The number of benzene rings is 2. The van der Waals surface area contributed by atoms with Crippen molar-refractivity contribution in [2.24, 2.45) is 0 Å². The Bertz CT molecular complexity index is 558. The molecule has 1 unspecified atom stereocenters. The quantitative estimate of drug-likeness (QED) is 0.747. The van der Waals surface area contributed by atoms with Crippen LogP contribution >= 0.6 is 0 Å². The van der Waals surface area contributed by atoms with E-state index in [0.717, 1.165) is 22.6 Å². The molecule has 0 radical (unpaired) electrons. The summed E-state index contributed by atoms with van der Waals surface area (Å²) in [5, 5.41) is 10.6. The Morgan fingerprint density at radius 2 is 1.65 bits per heavy atom. The largest absolute Gasteiger partial charge is 0.457 e. The van der Waals surface area contributed by atoms with Crippen molar-refractivity contribution in [3.8, 4) is 11.5 Å². The second-order valence-corrected chi connectivity index (χ2v) is 4.66. The lowest BCUT2D eigenvalue weighted by Gasteiger charge is -2.22. The molecule has 2 aromatic rings. The third-order valence-corrected chi connectivity index (χ3v) is 3.19. The first-order chi connectivity index (χ1) is 8.17. The predicted octanol–water partition coefficient (Wildman–Crippen LogP) is 3.24. The fraction of sp³-hybridized carbons (Fsp3) is 0.200. The van der Waals surface area contributed by atoms with Crippen LogP contribution in [0, 0.1) is 0 Å². The molecule has 0 aliphatic carbocycles. The molecule has 2 heteroatoms. The summed E-state index contributed by atoms with van der Waals surface area (Å²) in [5.41, 5.74) is 0.994. The Morgan fingerprint density at radius 3 is 2.47 bits per heavy atom. The van der Waals surface area contributed by atoms with Gasteiger partial charge in [-0.25, -0.2) is 0 Å². The molecule has 1 atom stereocenters. The topological polar surface area (TPSA) is 29.5 Å². The van der Waals surface area contributed by atoms with Crippen molar-refractivity contribution in [2.75, 3.05) is 0 Å². The van der Waals surface area contributed by atoms with Gasteiger partial charge in [-0.2, -0.15) is 0 Å². The molecule has 0 aromatic heterocycles. The number of fused-ring (bicyclic) bond motifs is 2. The molecule has 2 nitrogen and oxygen atoms in total. The summed E-state index contributed by atoms with van der Waals surface area (Å²) in [6.45, 7) is 1.83. The van der Waals surface area contributed by atoms with Crippen LogP contribution in [0.4, 0.5) is 0 Å². The van der Waals surface area contributed by atoms with E-state index in [4.69, 9.17) is 4.74 Å². The summed E-state index contributed by atoms with van der Waals surface area (Å²) in [6, 6.07) is 15.5. The van der Waals surface area contributed by atoms with Gasteiger partial charge in [-0.1, -0.05) is 36.4 Å². The number of rotatable bonds is 0. The summed E-state index contributed by atoms with van der Waals surface area (Å²) in [7, 11) is 0. The molecular formula is C15H14O2. The molecule has 0 bridgehead atoms. The molecule has 1 aliphatic heterocycles. The van der Waals surface area contributed by atoms with Crippen LogP contribution in [0.3, 0.4) is 0 Å². The van der Waals surface area contributed by atoms with E-state index in [1.54, 1.807) is 0 Å². The van der Waals surface area contributed by atoms with E-state index < -0.39 is 5.60 Å². The smallest absolute Gasteiger partial charge is 0.133 e. The molecule has 0 saturated heterocycles. The van der Waals surface area contributed by atoms with Gasteiger partial charge >= 0.3 is 0 Å². The molecule has 0 spiro atoms. The highest BCUT2D eigenvalue weighted by Gasteiger charge is 2.31. The van der Waals surface area contributed by atoms with E-state index in [-0.39, 0.29) is 0 Å². The highest BCUT2D eigenvalue weighted by atomic mass is 16.5. The average Bonchev–Trinajstić information content (AvgIpc) is 2.42. The zero-order chi connectivity index (χ0) is 11.9. The van der Waals surface area contributed by atoms with Crippen LogP contribution in [0.25, 0.3) is 0 Å². The Labute approximate surface area is 100 Å². The fourth-order valence-electron chi connectivity index (χ4n) is 2.33. The molecule has 86 valence electrons. The van der Waals surface area contributed by atoms with Crippen LogP contribution in [0.1, 0.15) is 18.1 Å². The van der Waals surface area contributed by atoms with Crippen LogP contribution in [0.5, 0.6) is 11.5 Å². The van der Waals surface area contributed by atoms with Gasteiger partial charge in [0.05, 0.1) is 5.60 Å². The summed E-state index contributed by atoms with van der Waals surface area (Å²) < 4.78 is 5.88. The Balaban J connectivity index is 2.21. The van der Waals surface area contributed by atoms with E-state index in [2.05, 4.69) is 0 Å². The van der Waals surface area contributed by atoms with Crippen LogP contribution < -0.4 is 4.74 Å². The van der Waals surface area contributed by atoms with Crippen molar-refractivity contribution in [3.63, 3.8) is 0 Å². The van der Waals surface area contributed by atoms with Gasteiger partial charge in [0.25, 0.3) is 0 Å². The van der Waals surface area contributed by atoms with Gasteiger partial charge in [0.2, 0.25) is 0 Å². The second kappa shape index (κ2) is 3.60. The molecule has 0 saturated carbocycles. The van der Waals surface area contributed by atoms with Gasteiger partial charge in [-0.3, -0.25) is 0 Å². The van der Waals surface area contributed by atoms with Crippen molar-refractivity contribution in [3.05, 3.63) is 59.7 Å². The molecular weight excluding hydrogens is 212 g/mol. The van der Waals surface area contributed by atoms with Crippen LogP contribution in [0.15, 0.2) is 48.5 Å². The lowest BCUT2D eigenvalue weighted by Crippen LogP contribution is -2.23. The summed E-state index contributed by atoms with van der Waals surface area (Å²) >= 11 is 0. The Morgan fingerprint density at radius 1 is 1.00 bits per heavy atom. The molecule has 1 heterocycles. The fourth-order valence-corrected chi connectivity index (χ4v) is 2.33. The van der Waals surface area contributed by atoms with E-state index in [1.807, 2.05) is 55.5 Å². The molecule has 2 aromatic carbocycles. The van der Waals surface area contributed by atoms with E-state index in [1.165, 1.54) is 0 Å². The minimum atomic E-state index is -0.886. The molecule has 1 aliphatic rings.